The monoisotopic (exact) mass is 343 g/mol. The van der Waals surface area contributed by atoms with E-state index in [1.807, 2.05) is 6.20 Å². The first-order chi connectivity index (χ1) is 9.52. The van der Waals surface area contributed by atoms with Crippen LogP contribution in [0.2, 0.25) is 0 Å². The van der Waals surface area contributed by atoms with Crippen LogP contribution in [-0.4, -0.2) is 35.3 Å². The summed E-state index contributed by atoms with van der Waals surface area (Å²) in [5, 5.41) is 4.49. The van der Waals surface area contributed by atoms with Crippen LogP contribution in [0.4, 0.5) is 0 Å². The van der Waals surface area contributed by atoms with Gasteiger partial charge in [-0.1, -0.05) is 13.3 Å². The fraction of sp³-hybridized carbons (Fsp3) is 0.786. The molecule has 2 rings (SSSR count). The molecular formula is C14H26BrN5. The number of nitrogens with one attached hydrogen (secondary N) is 1. The van der Waals surface area contributed by atoms with E-state index in [0.717, 1.165) is 23.5 Å². The second-order valence-electron chi connectivity index (χ2n) is 6.23. The average molecular weight is 344 g/mol. The summed E-state index contributed by atoms with van der Waals surface area (Å²) in [5.74, 6) is 7.26. The molecular weight excluding hydrogens is 318 g/mol. The lowest BCUT2D eigenvalue weighted by Gasteiger charge is -2.25. The molecule has 3 atom stereocenters. The summed E-state index contributed by atoms with van der Waals surface area (Å²) in [6, 6.07) is 0.180. The Morgan fingerprint density at radius 3 is 2.85 bits per heavy atom. The lowest BCUT2D eigenvalue weighted by Crippen LogP contribution is -2.35. The first kappa shape index (κ1) is 15.9. The van der Waals surface area contributed by atoms with Crippen molar-refractivity contribution in [3.05, 3.63) is 16.4 Å². The van der Waals surface area contributed by atoms with Gasteiger partial charge in [0.15, 0.2) is 0 Å². The average Bonchev–Trinajstić information content (AvgIpc) is 2.97. The van der Waals surface area contributed by atoms with Crippen LogP contribution in [0, 0.1) is 11.8 Å². The van der Waals surface area contributed by atoms with Crippen molar-refractivity contribution in [1.29, 1.82) is 0 Å². The van der Waals surface area contributed by atoms with E-state index >= 15 is 0 Å². The first-order valence-electron chi connectivity index (χ1n) is 7.35. The smallest absolute Gasteiger partial charge is 0.0712 e. The van der Waals surface area contributed by atoms with Gasteiger partial charge in [-0.25, -0.2) is 0 Å². The van der Waals surface area contributed by atoms with Crippen LogP contribution in [0.5, 0.6) is 0 Å². The number of hydrogen-bond acceptors (Lipinski definition) is 4. The van der Waals surface area contributed by atoms with Crippen LogP contribution in [0.1, 0.15) is 37.9 Å². The number of hydrogen-bond donors (Lipinski definition) is 2. The highest BCUT2D eigenvalue weighted by molar-refractivity contribution is 9.10. The maximum Gasteiger partial charge on any atom is 0.0712 e. The van der Waals surface area contributed by atoms with Gasteiger partial charge in [-0.05, 0) is 54.7 Å². The normalized spacial score (nSPS) is 24.5. The van der Waals surface area contributed by atoms with E-state index in [4.69, 9.17) is 5.84 Å². The van der Waals surface area contributed by atoms with E-state index in [0.29, 0.717) is 5.92 Å². The van der Waals surface area contributed by atoms with E-state index in [2.05, 4.69) is 57.1 Å². The Kier molecular flexibility index (Phi) is 5.60. The highest BCUT2D eigenvalue weighted by Gasteiger charge is 2.32. The molecule has 114 valence electrons. The molecule has 0 saturated heterocycles. The molecule has 1 fully saturated rings. The minimum Gasteiger partial charge on any atom is -0.308 e. The molecule has 3 N–H and O–H groups in total. The van der Waals surface area contributed by atoms with Crippen molar-refractivity contribution < 1.29 is 0 Å². The van der Waals surface area contributed by atoms with Crippen LogP contribution in [0.3, 0.4) is 0 Å². The maximum absolute atomic E-state index is 5.86. The third-order valence-corrected chi connectivity index (χ3v) is 4.88. The van der Waals surface area contributed by atoms with Crippen LogP contribution in [0.15, 0.2) is 10.7 Å². The molecule has 1 saturated carbocycles. The van der Waals surface area contributed by atoms with Gasteiger partial charge in [0, 0.05) is 6.54 Å². The van der Waals surface area contributed by atoms with Gasteiger partial charge < -0.3 is 4.90 Å². The molecule has 0 aromatic carbocycles. The highest BCUT2D eigenvalue weighted by atomic mass is 79.9. The van der Waals surface area contributed by atoms with Crippen LogP contribution < -0.4 is 11.3 Å². The summed E-state index contributed by atoms with van der Waals surface area (Å²) in [6.45, 7) is 4.18. The second kappa shape index (κ2) is 7.02. The largest absolute Gasteiger partial charge is 0.308 e. The van der Waals surface area contributed by atoms with Crippen molar-refractivity contribution in [3.63, 3.8) is 0 Å². The third kappa shape index (κ3) is 3.61. The van der Waals surface area contributed by atoms with Gasteiger partial charge in [0.1, 0.15) is 0 Å². The number of nitrogens with two attached hydrogens (primary N) is 1. The van der Waals surface area contributed by atoms with Crippen molar-refractivity contribution in [2.45, 2.75) is 38.8 Å². The quantitative estimate of drug-likeness (QED) is 0.613. The standard InChI is InChI=1S/C14H26BrN5/c1-10-4-5-11(8-10)13(18-16)14-12(15)9-17-20(14)7-6-19(2)3/h9-11,13,18H,4-8,16H2,1-3H3. The molecule has 1 heterocycles. The Balaban J connectivity index is 2.18. The predicted octanol–water partition coefficient (Wildman–Crippen LogP) is 2.15. The van der Waals surface area contributed by atoms with E-state index in [9.17, 15) is 0 Å². The van der Waals surface area contributed by atoms with Crippen molar-refractivity contribution in [3.8, 4) is 0 Å². The summed E-state index contributed by atoms with van der Waals surface area (Å²) < 4.78 is 3.14. The first-order valence-corrected chi connectivity index (χ1v) is 8.14. The van der Waals surface area contributed by atoms with Gasteiger partial charge in [0.05, 0.1) is 29.0 Å². The maximum atomic E-state index is 5.86. The summed E-state index contributed by atoms with van der Waals surface area (Å²) in [7, 11) is 4.16. The molecule has 6 heteroatoms. The van der Waals surface area contributed by atoms with Gasteiger partial charge in [-0.2, -0.15) is 5.10 Å². The molecule has 1 aromatic rings. The van der Waals surface area contributed by atoms with Gasteiger partial charge >= 0.3 is 0 Å². The van der Waals surface area contributed by atoms with Crippen molar-refractivity contribution in [2.75, 3.05) is 20.6 Å². The van der Waals surface area contributed by atoms with Crippen LogP contribution in [0.25, 0.3) is 0 Å². The molecule has 1 aliphatic carbocycles. The molecule has 0 spiro atoms. The Morgan fingerprint density at radius 1 is 1.55 bits per heavy atom. The number of nitrogens with zero attached hydrogens (tertiary/aromatic N) is 3. The summed E-state index contributed by atoms with van der Waals surface area (Å²) in [5.41, 5.74) is 4.22. The van der Waals surface area contributed by atoms with Gasteiger partial charge in [-0.3, -0.25) is 16.0 Å². The molecule has 5 nitrogen and oxygen atoms in total. The molecule has 1 aliphatic rings. The minimum atomic E-state index is 0.180. The Morgan fingerprint density at radius 2 is 2.30 bits per heavy atom. The molecule has 3 unspecified atom stereocenters. The zero-order valence-corrected chi connectivity index (χ0v) is 14.2. The number of hydrazine groups is 1. The summed E-state index contributed by atoms with van der Waals surface area (Å²) >= 11 is 3.64. The molecule has 20 heavy (non-hydrogen) atoms. The van der Waals surface area contributed by atoms with E-state index in [1.165, 1.54) is 25.0 Å². The zero-order chi connectivity index (χ0) is 14.7. The lowest BCUT2D eigenvalue weighted by molar-refractivity contribution is 0.323. The van der Waals surface area contributed by atoms with E-state index < -0.39 is 0 Å². The molecule has 0 amide bonds. The Labute approximate surface area is 130 Å². The molecule has 0 aliphatic heterocycles. The van der Waals surface area contributed by atoms with Crippen molar-refractivity contribution >= 4 is 15.9 Å². The van der Waals surface area contributed by atoms with E-state index in [1.54, 1.807) is 0 Å². The third-order valence-electron chi connectivity index (χ3n) is 4.27. The topological polar surface area (TPSA) is 59.1 Å². The Bertz CT molecular complexity index is 431. The SMILES string of the molecule is CC1CCC(C(NN)c2c(Br)cnn2CCN(C)C)C1. The predicted molar refractivity (Wildman–Crippen MR) is 85.1 cm³/mol. The lowest BCUT2D eigenvalue weighted by atomic mass is 9.95. The van der Waals surface area contributed by atoms with Gasteiger partial charge in [0.25, 0.3) is 0 Å². The van der Waals surface area contributed by atoms with Crippen molar-refractivity contribution in [1.82, 2.24) is 20.1 Å². The van der Waals surface area contributed by atoms with E-state index in [-0.39, 0.29) is 6.04 Å². The highest BCUT2D eigenvalue weighted by Crippen LogP contribution is 2.40. The molecule has 0 bridgehead atoms. The summed E-state index contributed by atoms with van der Waals surface area (Å²) in [4.78, 5) is 2.17. The van der Waals surface area contributed by atoms with Crippen LogP contribution in [-0.2, 0) is 6.54 Å². The Hall–Kier alpha value is -0.430. The number of rotatable bonds is 6. The van der Waals surface area contributed by atoms with Gasteiger partial charge in [-0.15, -0.1) is 0 Å². The zero-order valence-electron chi connectivity index (χ0n) is 12.6. The number of aromatic nitrogens is 2. The molecule has 0 radical (unpaired) electrons. The summed E-state index contributed by atoms with van der Waals surface area (Å²) in [6.07, 6.45) is 5.65. The second-order valence-corrected chi connectivity index (χ2v) is 7.08. The van der Waals surface area contributed by atoms with Crippen LogP contribution >= 0.6 is 15.9 Å². The van der Waals surface area contributed by atoms with Crippen molar-refractivity contribution in [2.24, 2.45) is 17.7 Å². The number of likely N-dealkylation sites (N-methyl/N-ethyl adjacent to an activating group) is 1. The molecule has 1 aromatic heterocycles. The fourth-order valence-electron chi connectivity index (χ4n) is 3.15. The minimum absolute atomic E-state index is 0.180. The van der Waals surface area contributed by atoms with Gasteiger partial charge in [0.2, 0.25) is 0 Å². The fourth-order valence-corrected chi connectivity index (χ4v) is 3.69. The number of halogens is 1.